The van der Waals surface area contributed by atoms with Gasteiger partial charge in [-0.3, -0.25) is 0 Å². The van der Waals surface area contributed by atoms with E-state index in [-0.39, 0.29) is 6.10 Å². The summed E-state index contributed by atoms with van der Waals surface area (Å²) in [6.07, 6.45) is 3.61. The Kier molecular flexibility index (Phi) is 3.48. The molecule has 0 aliphatic heterocycles. The molecule has 17 heavy (non-hydrogen) atoms. The fourth-order valence-corrected chi connectivity index (χ4v) is 1.68. The van der Waals surface area contributed by atoms with Crippen molar-refractivity contribution in [2.24, 2.45) is 7.05 Å². The third-order valence-electron chi connectivity index (χ3n) is 2.39. The van der Waals surface area contributed by atoms with Crippen molar-refractivity contribution >= 4 is 0 Å². The molecule has 2 rings (SSSR count). The molecule has 0 fully saturated rings. The van der Waals surface area contributed by atoms with Crippen molar-refractivity contribution in [2.45, 2.75) is 26.5 Å². The summed E-state index contributed by atoms with van der Waals surface area (Å²) in [5.41, 5.74) is 0. The van der Waals surface area contributed by atoms with E-state index < -0.39 is 0 Å². The average Bonchev–Trinajstić information content (AvgIpc) is 2.89. The number of aryl methyl sites for hydroxylation is 1. The van der Waals surface area contributed by atoms with Crippen LogP contribution in [0.2, 0.25) is 0 Å². The minimum Gasteiger partial charge on any atom is -0.371 e. The van der Waals surface area contributed by atoms with Gasteiger partial charge in [0, 0.05) is 19.0 Å². The van der Waals surface area contributed by atoms with Crippen molar-refractivity contribution in [3.63, 3.8) is 0 Å². The molecule has 0 N–H and O–H groups in total. The first-order chi connectivity index (χ1) is 8.20. The highest BCUT2D eigenvalue weighted by Gasteiger charge is 2.13. The smallest absolute Gasteiger partial charge is 0.194 e. The molecule has 1 atom stereocenters. The molecule has 1 unspecified atom stereocenters. The zero-order valence-corrected chi connectivity index (χ0v) is 10.2. The molecule has 7 nitrogen and oxygen atoms in total. The molecule has 0 aromatic carbocycles. The molecular formula is C10H16N6O. The first-order valence-corrected chi connectivity index (χ1v) is 5.56. The number of tetrazole rings is 1. The SMILES string of the molecule is CCOC(C)c1nccn1Cc1nnn(C)n1. The predicted octanol–water partition coefficient (Wildman–Crippen LogP) is 0.552. The van der Waals surface area contributed by atoms with Crippen molar-refractivity contribution in [3.05, 3.63) is 24.0 Å². The van der Waals surface area contributed by atoms with Gasteiger partial charge in [0.15, 0.2) is 5.82 Å². The van der Waals surface area contributed by atoms with Gasteiger partial charge in [0.05, 0.1) is 13.6 Å². The number of hydrogen-bond acceptors (Lipinski definition) is 5. The molecule has 0 amide bonds. The van der Waals surface area contributed by atoms with Gasteiger partial charge in [-0.2, -0.15) is 4.80 Å². The molecule has 0 saturated carbocycles. The minimum absolute atomic E-state index is 0.0355. The third kappa shape index (κ3) is 2.68. The van der Waals surface area contributed by atoms with E-state index in [0.717, 1.165) is 5.82 Å². The van der Waals surface area contributed by atoms with E-state index in [1.54, 1.807) is 13.2 Å². The van der Waals surface area contributed by atoms with Crippen LogP contribution in [0.5, 0.6) is 0 Å². The number of rotatable bonds is 5. The van der Waals surface area contributed by atoms with Gasteiger partial charge < -0.3 is 9.30 Å². The molecule has 2 aromatic heterocycles. The molecule has 0 spiro atoms. The molecule has 0 saturated heterocycles. The first kappa shape index (κ1) is 11.7. The Morgan fingerprint density at radius 1 is 1.47 bits per heavy atom. The summed E-state index contributed by atoms with van der Waals surface area (Å²) in [6, 6.07) is 0. The van der Waals surface area contributed by atoms with Crippen molar-refractivity contribution in [1.29, 1.82) is 0 Å². The highest BCUT2D eigenvalue weighted by Crippen LogP contribution is 2.14. The molecule has 2 heterocycles. The summed E-state index contributed by atoms with van der Waals surface area (Å²) in [5.74, 6) is 1.54. The lowest BCUT2D eigenvalue weighted by Crippen LogP contribution is -2.11. The van der Waals surface area contributed by atoms with Crippen LogP contribution in [-0.2, 0) is 18.3 Å². The Hall–Kier alpha value is -1.76. The quantitative estimate of drug-likeness (QED) is 0.758. The Balaban J connectivity index is 2.13. The van der Waals surface area contributed by atoms with E-state index in [0.29, 0.717) is 19.0 Å². The van der Waals surface area contributed by atoms with Gasteiger partial charge in [-0.1, -0.05) is 0 Å². The van der Waals surface area contributed by atoms with Crippen LogP contribution < -0.4 is 0 Å². The van der Waals surface area contributed by atoms with Crippen LogP contribution in [0.1, 0.15) is 31.6 Å². The third-order valence-corrected chi connectivity index (χ3v) is 2.39. The van der Waals surface area contributed by atoms with Crippen molar-refractivity contribution in [3.8, 4) is 0 Å². The summed E-state index contributed by atoms with van der Waals surface area (Å²) in [6.45, 7) is 5.17. The van der Waals surface area contributed by atoms with Crippen LogP contribution in [-0.4, -0.2) is 36.4 Å². The molecule has 0 aliphatic rings. The van der Waals surface area contributed by atoms with Gasteiger partial charge in [0.2, 0.25) is 0 Å². The standard InChI is InChI=1S/C10H16N6O/c1-4-17-8(2)10-11-5-6-16(10)7-9-12-14-15(3)13-9/h5-6,8H,4,7H2,1-3H3. The van der Waals surface area contributed by atoms with E-state index in [2.05, 4.69) is 20.4 Å². The van der Waals surface area contributed by atoms with Crippen LogP contribution >= 0.6 is 0 Å². The first-order valence-electron chi connectivity index (χ1n) is 5.56. The van der Waals surface area contributed by atoms with Gasteiger partial charge in [0.25, 0.3) is 0 Å². The van der Waals surface area contributed by atoms with Crippen molar-refractivity contribution in [1.82, 2.24) is 29.8 Å². The minimum atomic E-state index is -0.0355. The normalized spacial score (nSPS) is 12.9. The summed E-state index contributed by atoms with van der Waals surface area (Å²) in [5, 5.41) is 11.9. The highest BCUT2D eigenvalue weighted by atomic mass is 16.5. The Morgan fingerprint density at radius 2 is 2.29 bits per heavy atom. The van der Waals surface area contributed by atoms with Gasteiger partial charge >= 0.3 is 0 Å². The maximum atomic E-state index is 5.52. The van der Waals surface area contributed by atoms with Crippen LogP contribution in [0, 0.1) is 0 Å². The summed E-state index contributed by atoms with van der Waals surface area (Å²) in [7, 11) is 1.74. The van der Waals surface area contributed by atoms with Gasteiger partial charge in [0.1, 0.15) is 11.9 Å². The number of hydrogen-bond donors (Lipinski definition) is 0. The topological polar surface area (TPSA) is 70.7 Å². The van der Waals surface area contributed by atoms with E-state index >= 15 is 0 Å². The van der Waals surface area contributed by atoms with Crippen molar-refractivity contribution < 1.29 is 4.74 Å². The molecule has 2 aromatic rings. The molecule has 92 valence electrons. The predicted molar refractivity (Wildman–Crippen MR) is 60.2 cm³/mol. The summed E-state index contributed by atoms with van der Waals surface area (Å²) in [4.78, 5) is 5.74. The van der Waals surface area contributed by atoms with Crippen LogP contribution in [0.3, 0.4) is 0 Å². The summed E-state index contributed by atoms with van der Waals surface area (Å²) >= 11 is 0. The van der Waals surface area contributed by atoms with E-state index in [1.165, 1.54) is 4.80 Å². The van der Waals surface area contributed by atoms with Crippen molar-refractivity contribution in [2.75, 3.05) is 6.61 Å². The lowest BCUT2D eigenvalue weighted by molar-refractivity contribution is 0.0677. The second-order valence-corrected chi connectivity index (χ2v) is 3.71. The van der Waals surface area contributed by atoms with Crippen LogP contribution in [0.4, 0.5) is 0 Å². The molecule has 7 heteroatoms. The van der Waals surface area contributed by atoms with Gasteiger partial charge in [-0.05, 0) is 19.1 Å². The zero-order valence-electron chi connectivity index (χ0n) is 10.2. The van der Waals surface area contributed by atoms with E-state index in [1.807, 2.05) is 24.6 Å². The number of nitrogens with zero attached hydrogens (tertiary/aromatic N) is 6. The van der Waals surface area contributed by atoms with E-state index in [9.17, 15) is 0 Å². The second kappa shape index (κ2) is 5.05. The van der Waals surface area contributed by atoms with E-state index in [4.69, 9.17) is 4.74 Å². The zero-order chi connectivity index (χ0) is 12.3. The lowest BCUT2D eigenvalue weighted by atomic mass is 10.3. The van der Waals surface area contributed by atoms with Crippen LogP contribution in [0.25, 0.3) is 0 Å². The molecule has 0 radical (unpaired) electrons. The Morgan fingerprint density at radius 3 is 2.94 bits per heavy atom. The maximum Gasteiger partial charge on any atom is 0.194 e. The number of imidazole rings is 1. The molecular weight excluding hydrogens is 220 g/mol. The molecule has 0 bridgehead atoms. The Labute approximate surface area is 99.4 Å². The summed E-state index contributed by atoms with van der Waals surface area (Å²) < 4.78 is 7.49. The maximum absolute atomic E-state index is 5.52. The number of ether oxygens (including phenoxy) is 1. The lowest BCUT2D eigenvalue weighted by Gasteiger charge is -2.12. The fraction of sp³-hybridized carbons (Fsp3) is 0.600. The number of aromatic nitrogens is 6. The molecule has 0 aliphatic carbocycles. The monoisotopic (exact) mass is 236 g/mol. The second-order valence-electron chi connectivity index (χ2n) is 3.71. The Bertz CT molecular complexity index is 477. The van der Waals surface area contributed by atoms with Gasteiger partial charge in [-0.25, -0.2) is 4.98 Å². The highest BCUT2D eigenvalue weighted by molar-refractivity contribution is 4.98. The van der Waals surface area contributed by atoms with Gasteiger partial charge in [-0.15, -0.1) is 10.2 Å². The average molecular weight is 236 g/mol. The fourth-order valence-electron chi connectivity index (χ4n) is 1.68. The largest absolute Gasteiger partial charge is 0.371 e. The van der Waals surface area contributed by atoms with Crippen LogP contribution in [0.15, 0.2) is 12.4 Å².